The third kappa shape index (κ3) is 4.54. The van der Waals surface area contributed by atoms with Gasteiger partial charge >= 0.3 is 0 Å². The molecule has 2 rings (SSSR count). The molecule has 0 saturated carbocycles. The van der Waals surface area contributed by atoms with E-state index in [9.17, 15) is 18.4 Å². The van der Waals surface area contributed by atoms with Gasteiger partial charge in [0, 0.05) is 5.56 Å². The van der Waals surface area contributed by atoms with E-state index in [0.29, 0.717) is 5.56 Å². The first-order valence-corrected chi connectivity index (χ1v) is 7.81. The van der Waals surface area contributed by atoms with Crippen LogP contribution in [0.2, 0.25) is 5.02 Å². The number of hydroxylamine groups is 1. The van der Waals surface area contributed by atoms with Crippen molar-refractivity contribution in [1.82, 2.24) is 5.48 Å². The lowest BCUT2D eigenvalue weighted by Crippen LogP contribution is -2.26. The van der Waals surface area contributed by atoms with E-state index in [0.717, 1.165) is 12.1 Å². The fourth-order valence-electron chi connectivity index (χ4n) is 2.05. The van der Waals surface area contributed by atoms with Crippen LogP contribution in [0.1, 0.15) is 27.6 Å². The second kappa shape index (κ2) is 8.70. The number of Topliss-reactive ketones (excluding diaryl/α,β-unsaturated/α-hetero) is 1. The molecule has 26 heavy (non-hydrogen) atoms. The third-order valence-electron chi connectivity index (χ3n) is 3.33. The molecule has 0 heterocycles. The SMILES string of the molecule is CC(=O)c1ccc(Nc2c(C(=O)NOCCO)ccc(F)c2F)c(Cl)c1. The van der Waals surface area contributed by atoms with E-state index in [-0.39, 0.29) is 35.3 Å². The number of aliphatic hydroxyl groups is 1. The predicted molar refractivity (Wildman–Crippen MR) is 91.6 cm³/mol. The number of benzene rings is 2. The lowest BCUT2D eigenvalue weighted by Gasteiger charge is -2.15. The number of nitrogens with one attached hydrogen (secondary N) is 2. The first-order valence-electron chi connectivity index (χ1n) is 7.43. The molecule has 0 bridgehead atoms. The number of hydrogen-bond acceptors (Lipinski definition) is 5. The van der Waals surface area contributed by atoms with Gasteiger partial charge in [0.15, 0.2) is 17.4 Å². The van der Waals surface area contributed by atoms with Crippen molar-refractivity contribution in [2.75, 3.05) is 18.5 Å². The molecule has 0 fully saturated rings. The van der Waals surface area contributed by atoms with E-state index in [4.69, 9.17) is 16.7 Å². The highest BCUT2D eigenvalue weighted by molar-refractivity contribution is 6.33. The number of carbonyl (C=O) groups is 2. The molecule has 0 aliphatic rings. The molecule has 0 aromatic heterocycles. The van der Waals surface area contributed by atoms with Crippen LogP contribution in [-0.2, 0) is 4.84 Å². The third-order valence-corrected chi connectivity index (χ3v) is 3.65. The number of rotatable bonds is 7. The minimum Gasteiger partial charge on any atom is -0.394 e. The number of carbonyl (C=O) groups excluding carboxylic acids is 2. The number of ketones is 1. The molecule has 0 radical (unpaired) electrons. The Balaban J connectivity index is 2.37. The summed E-state index contributed by atoms with van der Waals surface area (Å²) < 4.78 is 27.9. The number of anilines is 2. The van der Waals surface area contributed by atoms with Crippen LogP contribution in [0.4, 0.5) is 20.2 Å². The Morgan fingerprint density at radius 3 is 2.58 bits per heavy atom. The van der Waals surface area contributed by atoms with Gasteiger partial charge in [-0.1, -0.05) is 11.6 Å². The minimum absolute atomic E-state index is 0.0873. The van der Waals surface area contributed by atoms with Crippen LogP contribution in [0.3, 0.4) is 0 Å². The fraction of sp³-hybridized carbons (Fsp3) is 0.176. The first kappa shape index (κ1) is 19.8. The van der Waals surface area contributed by atoms with Gasteiger partial charge in [-0.05, 0) is 37.3 Å². The monoisotopic (exact) mass is 384 g/mol. The van der Waals surface area contributed by atoms with Crippen LogP contribution >= 0.6 is 11.6 Å². The molecule has 1 amide bonds. The van der Waals surface area contributed by atoms with Crippen molar-refractivity contribution in [3.05, 3.63) is 58.1 Å². The molecule has 138 valence electrons. The van der Waals surface area contributed by atoms with Gasteiger partial charge in [-0.2, -0.15) is 0 Å². The summed E-state index contributed by atoms with van der Waals surface area (Å²) in [5, 5.41) is 11.3. The van der Waals surface area contributed by atoms with Crippen molar-refractivity contribution >= 4 is 34.7 Å². The zero-order valence-electron chi connectivity index (χ0n) is 13.6. The van der Waals surface area contributed by atoms with E-state index < -0.39 is 23.2 Å². The zero-order valence-corrected chi connectivity index (χ0v) is 14.4. The molecule has 0 unspecified atom stereocenters. The molecular weight excluding hydrogens is 370 g/mol. The van der Waals surface area contributed by atoms with Crippen molar-refractivity contribution in [3.8, 4) is 0 Å². The predicted octanol–water partition coefficient (Wildman–Crippen LogP) is 3.22. The van der Waals surface area contributed by atoms with Gasteiger partial charge in [-0.15, -0.1) is 0 Å². The largest absolute Gasteiger partial charge is 0.394 e. The maximum Gasteiger partial charge on any atom is 0.277 e. The lowest BCUT2D eigenvalue weighted by atomic mass is 10.1. The first-order chi connectivity index (χ1) is 12.3. The van der Waals surface area contributed by atoms with Gasteiger partial charge < -0.3 is 10.4 Å². The van der Waals surface area contributed by atoms with Gasteiger partial charge in [0.25, 0.3) is 5.91 Å². The van der Waals surface area contributed by atoms with Gasteiger partial charge in [-0.25, -0.2) is 14.3 Å². The second-order valence-electron chi connectivity index (χ2n) is 5.16. The van der Waals surface area contributed by atoms with Crippen LogP contribution < -0.4 is 10.8 Å². The van der Waals surface area contributed by atoms with Crippen LogP contribution in [0, 0.1) is 11.6 Å². The molecular formula is C17H15ClF2N2O4. The Kier molecular flexibility index (Phi) is 6.62. The van der Waals surface area contributed by atoms with E-state index in [1.54, 1.807) is 0 Å². The normalized spacial score (nSPS) is 10.5. The molecule has 2 aromatic rings. The minimum atomic E-state index is -1.29. The zero-order chi connectivity index (χ0) is 19.3. The average molecular weight is 385 g/mol. The Labute approximate surface area is 152 Å². The van der Waals surface area contributed by atoms with Crippen LogP contribution in [0.15, 0.2) is 30.3 Å². The van der Waals surface area contributed by atoms with E-state index >= 15 is 0 Å². The molecule has 0 spiro atoms. The Hall–Kier alpha value is -2.55. The van der Waals surface area contributed by atoms with Gasteiger partial charge in [-0.3, -0.25) is 14.4 Å². The summed E-state index contributed by atoms with van der Waals surface area (Å²) in [5.74, 6) is -3.52. The van der Waals surface area contributed by atoms with Crippen LogP contribution in [0.25, 0.3) is 0 Å². The summed E-state index contributed by atoms with van der Waals surface area (Å²) in [5.41, 5.74) is 1.83. The molecule has 3 N–H and O–H groups in total. The van der Waals surface area contributed by atoms with Gasteiger partial charge in [0.1, 0.15) is 0 Å². The van der Waals surface area contributed by atoms with Crippen LogP contribution in [0.5, 0.6) is 0 Å². The summed E-state index contributed by atoms with van der Waals surface area (Å²) in [6.45, 7) is 0.859. The number of aliphatic hydroxyl groups excluding tert-OH is 1. The maximum atomic E-state index is 14.2. The van der Waals surface area contributed by atoms with Crippen molar-refractivity contribution in [1.29, 1.82) is 0 Å². The maximum absolute atomic E-state index is 14.2. The second-order valence-corrected chi connectivity index (χ2v) is 5.57. The lowest BCUT2D eigenvalue weighted by molar-refractivity contribution is 0.0168. The fourth-order valence-corrected chi connectivity index (χ4v) is 2.28. The standard InChI is InChI=1S/C17H15ClF2N2O4/c1-9(24)10-2-5-14(12(18)8-10)21-16-11(3-4-13(19)15(16)20)17(25)22-26-7-6-23/h2-5,8,21,23H,6-7H2,1H3,(H,22,25). The summed E-state index contributed by atoms with van der Waals surface area (Å²) >= 11 is 6.07. The highest BCUT2D eigenvalue weighted by atomic mass is 35.5. The average Bonchev–Trinajstić information content (AvgIpc) is 2.60. The number of halogens is 3. The van der Waals surface area contributed by atoms with Crippen molar-refractivity contribution < 1.29 is 28.3 Å². The summed E-state index contributed by atoms with van der Waals surface area (Å²) in [7, 11) is 0. The summed E-state index contributed by atoms with van der Waals surface area (Å²) in [6.07, 6.45) is 0. The Morgan fingerprint density at radius 2 is 1.96 bits per heavy atom. The number of hydrogen-bond donors (Lipinski definition) is 3. The van der Waals surface area contributed by atoms with Gasteiger partial charge in [0.05, 0.1) is 35.2 Å². The summed E-state index contributed by atoms with van der Waals surface area (Å²) in [6, 6.07) is 6.09. The quantitative estimate of drug-likeness (QED) is 0.387. The smallest absolute Gasteiger partial charge is 0.277 e. The molecule has 9 heteroatoms. The molecule has 0 aliphatic carbocycles. The highest BCUT2D eigenvalue weighted by Crippen LogP contribution is 2.31. The van der Waals surface area contributed by atoms with E-state index in [1.807, 2.05) is 5.48 Å². The van der Waals surface area contributed by atoms with E-state index in [1.165, 1.54) is 25.1 Å². The van der Waals surface area contributed by atoms with Crippen molar-refractivity contribution in [2.45, 2.75) is 6.92 Å². The molecule has 0 atom stereocenters. The van der Waals surface area contributed by atoms with Crippen molar-refractivity contribution in [2.24, 2.45) is 0 Å². The van der Waals surface area contributed by atoms with Crippen LogP contribution in [-0.4, -0.2) is 30.0 Å². The number of amides is 1. The van der Waals surface area contributed by atoms with Crippen molar-refractivity contribution in [3.63, 3.8) is 0 Å². The topological polar surface area (TPSA) is 87.7 Å². The molecule has 0 saturated heterocycles. The van der Waals surface area contributed by atoms with E-state index in [2.05, 4.69) is 10.2 Å². The van der Waals surface area contributed by atoms with Gasteiger partial charge in [0.2, 0.25) is 0 Å². The Morgan fingerprint density at radius 1 is 1.23 bits per heavy atom. The highest BCUT2D eigenvalue weighted by Gasteiger charge is 2.20. The molecule has 6 nitrogen and oxygen atoms in total. The molecule has 0 aliphatic heterocycles. The molecule has 2 aromatic carbocycles. The summed E-state index contributed by atoms with van der Waals surface area (Å²) in [4.78, 5) is 28.1. The Bertz CT molecular complexity index is 846.